The second-order valence-electron chi connectivity index (χ2n) is 9.27. The largest absolute Gasteiger partial charge is 0.507 e. The van der Waals surface area contributed by atoms with Gasteiger partial charge in [0.25, 0.3) is 5.78 Å². The zero-order valence-corrected chi connectivity index (χ0v) is 22.8. The number of aliphatic hydroxyl groups is 1. The van der Waals surface area contributed by atoms with E-state index in [9.17, 15) is 19.5 Å². The highest BCUT2D eigenvalue weighted by Gasteiger charge is 2.48. The number of aryl methyl sites for hydroxylation is 1. The van der Waals surface area contributed by atoms with Crippen LogP contribution in [0.25, 0.3) is 5.76 Å². The zero-order chi connectivity index (χ0) is 27.6. The van der Waals surface area contributed by atoms with Crippen molar-refractivity contribution in [1.82, 2.24) is 4.98 Å². The standard InChI is InChI=1S/C29H30N2O6S/c1-6-14-37-21-9-7-8-20(15-21)24(32)22-23(19-12-10-18(11-13-19)16(2)3)31(27(34)25(22)33)29-30-17(4)26(38-29)28(35)36-5/h7-13,15-16,23,32H,6,14H2,1-5H3/b24-22+. The van der Waals surface area contributed by atoms with Gasteiger partial charge in [0.1, 0.15) is 16.4 Å². The molecule has 198 valence electrons. The number of amides is 1. The van der Waals surface area contributed by atoms with Crippen molar-refractivity contribution >= 4 is 39.9 Å². The molecule has 2 aromatic carbocycles. The lowest BCUT2D eigenvalue weighted by Crippen LogP contribution is -2.29. The number of benzene rings is 2. The fourth-order valence-corrected chi connectivity index (χ4v) is 5.30. The Bertz CT molecular complexity index is 1410. The van der Waals surface area contributed by atoms with Gasteiger partial charge in [-0.15, -0.1) is 0 Å². The molecule has 1 amide bonds. The molecule has 0 bridgehead atoms. The first-order chi connectivity index (χ1) is 18.2. The van der Waals surface area contributed by atoms with Crippen molar-refractivity contribution in [1.29, 1.82) is 0 Å². The molecule has 2 heterocycles. The summed E-state index contributed by atoms with van der Waals surface area (Å²) in [7, 11) is 1.27. The topological polar surface area (TPSA) is 106 Å². The Morgan fingerprint density at radius 1 is 1.16 bits per heavy atom. The van der Waals surface area contributed by atoms with Crippen molar-refractivity contribution in [3.05, 3.63) is 81.4 Å². The summed E-state index contributed by atoms with van der Waals surface area (Å²) in [5.74, 6) is -1.75. The first-order valence-electron chi connectivity index (χ1n) is 12.4. The van der Waals surface area contributed by atoms with E-state index >= 15 is 0 Å². The number of aliphatic hydroxyl groups excluding tert-OH is 1. The molecule has 38 heavy (non-hydrogen) atoms. The number of hydrogen-bond donors (Lipinski definition) is 1. The molecule has 1 aliphatic rings. The van der Waals surface area contributed by atoms with Gasteiger partial charge >= 0.3 is 11.9 Å². The maximum atomic E-state index is 13.4. The van der Waals surface area contributed by atoms with Crippen molar-refractivity contribution in [2.45, 2.75) is 46.1 Å². The summed E-state index contributed by atoms with van der Waals surface area (Å²) >= 11 is 0.966. The van der Waals surface area contributed by atoms with Gasteiger partial charge in [-0.1, -0.05) is 68.5 Å². The van der Waals surface area contributed by atoms with E-state index in [1.807, 2.05) is 31.2 Å². The summed E-state index contributed by atoms with van der Waals surface area (Å²) in [5, 5.41) is 11.6. The minimum atomic E-state index is -0.951. The molecule has 0 radical (unpaired) electrons. The smallest absolute Gasteiger partial charge is 0.350 e. The SMILES string of the molecule is CCCOc1cccc(/C(O)=C2\C(=O)C(=O)N(c3nc(C)c(C(=O)OC)s3)C2c2ccc(C(C)C)cc2)c1. The summed E-state index contributed by atoms with van der Waals surface area (Å²) in [4.78, 5) is 45.0. The predicted molar refractivity (Wildman–Crippen MR) is 146 cm³/mol. The van der Waals surface area contributed by atoms with Crippen LogP contribution in [0.15, 0.2) is 54.1 Å². The molecule has 8 nitrogen and oxygen atoms in total. The molecule has 0 aliphatic carbocycles. The van der Waals surface area contributed by atoms with Crippen LogP contribution in [0.5, 0.6) is 5.75 Å². The van der Waals surface area contributed by atoms with Crippen LogP contribution < -0.4 is 9.64 Å². The lowest BCUT2D eigenvalue weighted by molar-refractivity contribution is -0.132. The van der Waals surface area contributed by atoms with Crippen molar-refractivity contribution in [2.24, 2.45) is 0 Å². The van der Waals surface area contributed by atoms with Crippen LogP contribution in [0.4, 0.5) is 5.13 Å². The van der Waals surface area contributed by atoms with Crippen LogP contribution in [-0.4, -0.2) is 41.5 Å². The molecule has 0 saturated carbocycles. The van der Waals surface area contributed by atoms with Gasteiger partial charge in [0.15, 0.2) is 5.13 Å². The van der Waals surface area contributed by atoms with E-state index in [4.69, 9.17) is 9.47 Å². The number of ether oxygens (including phenoxy) is 2. The van der Waals surface area contributed by atoms with Crippen LogP contribution >= 0.6 is 11.3 Å². The van der Waals surface area contributed by atoms with Crippen LogP contribution in [0.3, 0.4) is 0 Å². The van der Waals surface area contributed by atoms with Crippen LogP contribution in [0.1, 0.15) is 71.2 Å². The molecule has 1 atom stereocenters. The van der Waals surface area contributed by atoms with E-state index < -0.39 is 23.7 Å². The Kier molecular flexibility index (Phi) is 7.97. The number of esters is 1. The van der Waals surface area contributed by atoms with E-state index in [1.165, 1.54) is 12.0 Å². The first kappa shape index (κ1) is 27.1. The number of rotatable bonds is 8. The number of Topliss-reactive ketones (excluding diaryl/α,β-unsaturated/α-hetero) is 1. The Hall–Kier alpha value is -3.98. The fraction of sp³-hybridized carbons (Fsp3) is 0.310. The Morgan fingerprint density at radius 3 is 2.50 bits per heavy atom. The highest BCUT2D eigenvalue weighted by molar-refractivity contribution is 7.17. The lowest BCUT2D eigenvalue weighted by atomic mass is 9.93. The highest BCUT2D eigenvalue weighted by atomic mass is 32.1. The monoisotopic (exact) mass is 534 g/mol. The van der Waals surface area contributed by atoms with Gasteiger partial charge in [0, 0.05) is 5.56 Å². The summed E-state index contributed by atoms with van der Waals surface area (Å²) in [6.45, 7) is 8.27. The number of nitrogens with zero attached hydrogens (tertiary/aromatic N) is 2. The van der Waals surface area contributed by atoms with Gasteiger partial charge in [-0.25, -0.2) is 9.78 Å². The van der Waals surface area contributed by atoms with E-state index in [1.54, 1.807) is 31.2 Å². The highest BCUT2D eigenvalue weighted by Crippen LogP contribution is 2.44. The van der Waals surface area contributed by atoms with Crippen molar-refractivity contribution in [3.8, 4) is 5.75 Å². The fourth-order valence-electron chi connectivity index (χ4n) is 4.28. The molecule has 1 fully saturated rings. The summed E-state index contributed by atoms with van der Waals surface area (Å²) in [5.41, 5.74) is 2.39. The van der Waals surface area contributed by atoms with Crippen LogP contribution in [-0.2, 0) is 14.3 Å². The summed E-state index contributed by atoms with van der Waals surface area (Å²) in [6.07, 6.45) is 0.814. The average molecular weight is 535 g/mol. The Labute approximate surface area is 225 Å². The third kappa shape index (κ3) is 5.06. The average Bonchev–Trinajstić information content (AvgIpc) is 3.43. The number of anilines is 1. The first-order valence-corrected chi connectivity index (χ1v) is 13.2. The number of thiazole rings is 1. The Morgan fingerprint density at radius 2 is 1.87 bits per heavy atom. The molecular formula is C29H30N2O6S. The Balaban J connectivity index is 1.89. The quantitative estimate of drug-likeness (QED) is 0.169. The maximum Gasteiger partial charge on any atom is 0.350 e. The molecule has 1 aliphatic heterocycles. The zero-order valence-electron chi connectivity index (χ0n) is 22.0. The third-order valence-corrected chi connectivity index (χ3v) is 7.44. The molecule has 4 rings (SSSR count). The van der Waals surface area contributed by atoms with Crippen molar-refractivity contribution in [2.75, 3.05) is 18.6 Å². The van der Waals surface area contributed by atoms with Crippen LogP contribution in [0, 0.1) is 6.92 Å². The number of carbonyl (C=O) groups is 3. The molecule has 1 N–H and O–H groups in total. The molecule has 9 heteroatoms. The predicted octanol–water partition coefficient (Wildman–Crippen LogP) is 5.78. The molecule has 3 aromatic rings. The van der Waals surface area contributed by atoms with Gasteiger partial charge in [-0.3, -0.25) is 14.5 Å². The number of aromatic nitrogens is 1. The normalized spacial score (nSPS) is 16.8. The number of hydrogen-bond acceptors (Lipinski definition) is 8. The van der Waals surface area contributed by atoms with E-state index in [0.29, 0.717) is 29.2 Å². The second-order valence-corrected chi connectivity index (χ2v) is 10.2. The van der Waals surface area contributed by atoms with E-state index in [2.05, 4.69) is 18.8 Å². The lowest BCUT2D eigenvalue weighted by Gasteiger charge is -2.23. The van der Waals surface area contributed by atoms with E-state index in [0.717, 1.165) is 23.3 Å². The van der Waals surface area contributed by atoms with Gasteiger partial charge in [0.2, 0.25) is 0 Å². The van der Waals surface area contributed by atoms with Crippen molar-refractivity contribution < 1.29 is 29.0 Å². The van der Waals surface area contributed by atoms with Gasteiger partial charge in [-0.05, 0) is 42.5 Å². The summed E-state index contributed by atoms with van der Waals surface area (Å²) < 4.78 is 10.5. The van der Waals surface area contributed by atoms with Crippen LogP contribution in [0.2, 0.25) is 0 Å². The van der Waals surface area contributed by atoms with Gasteiger partial charge < -0.3 is 14.6 Å². The van der Waals surface area contributed by atoms with Crippen molar-refractivity contribution in [3.63, 3.8) is 0 Å². The molecule has 1 aromatic heterocycles. The number of carbonyl (C=O) groups excluding carboxylic acids is 3. The van der Waals surface area contributed by atoms with Gasteiger partial charge in [-0.2, -0.15) is 0 Å². The molecule has 1 saturated heterocycles. The minimum Gasteiger partial charge on any atom is -0.507 e. The third-order valence-electron chi connectivity index (χ3n) is 6.31. The minimum absolute atomic E-state index is 0.0626. The summed E-state index contributed by atoms with van der Waals surface area (Å²) in [6, 6.07) is 13.4. The second kappa shape index (κ2) is 11.2. The number of methoxy groups -OCH3 is 1. The molecular weight excluding hydrogens is 504 g/mol. The maximum absolute atomic E-state index is 13.4. The number of ketones is 1. The molecule has 1 unspecified atom stereocenters. The van der Waals surface area contributed by atoms with Gasteiger partial charge in [0.05, 0.1) is 31.0 Å². The van der Waals surface area contributed by atoms with E-state index in [-0.39, 0.29) is 27.3 Å². The molecule has 0 spiro atoms.